The Morgan fingerprint density at radius 3 is 2.55 bits per heavy atom. The second-order valence-electron chi connectivity index (χ2n) is 3.97. The van der Waals surface area contributed by atoms with Crippen LogP contribution in [0.2, 0.25) is 10.0 Å². The number of nitrogens with one attached hydrogen (secondary N) is 2. The number of hydrogen-bond donors (Lipinski definition) is 2. The van der Waals surface area contributed by atoms with Gasteiger partial charge in [0.15, 0.2) is 0 Å². The highest BCUT2D eigenvalue weighted by molar-refractivity contribution is 6.36. The third-order valence-electron chi connectivity index (χ3n) is 2.44. The Labute approximate surface area is 127 Å². The molecule has 110 valence electrons. The summed E-state index contributed by atoms with van der Waals surface area (Å²) in [5.74, 6) is -0.427. The van der Waals surface area contributed by atoms with E-state index in [-0.39, 0.29) is 11.8 Å². The lowest BCUT2D eigenvalue weighted by Gasteiger charge is -2.08. The van der Waals surface area contributed by atoms with Crippen molar-refractivity contribution in [1.82, 2.24) is 10.6 Å². The minimum atomic E-state index is -0.308. The van der Waals surface area contributed by atoms with E-state index in [4.69, 9.17) is 27.9 Å². The molecule has 2 amide bonds. The van der Waals surface area contributed by atoms with Crippen LogP contribution in [0.4, 0.5) is 0 Å². The first-order chi connectivity index (χ1) is 9.54. The van der Waals surface area contributed by atoms with Crippen molar-refractivity contribution >= 4 is 35.0 Å². The van der Waals surface area contributed by atoms with E-state index in [1.54, 1.807) is 12.1 Å². The molecule has 0 heterocycles. The van der Waals surface area contributed by atoms with Crippen molar-refractivity contribution in [2.24, 2.45) is 0 Å². The predicted molar refractivity (Wildman–Crippen MR) is 78.3 cm³/mol. The number of benzene rings is 1. The Morgan fingerprint density at radius 1 is 1.20 bits per heavy atom. The second-order valence-corrected chi connectivity index (χ2v) is 4.82. The van der Waals surface area contributed by atoms with Gasteiger partial charge in [-0.3, -0.25) is 9.59 Å². The van der Waals surface area contributed by atoms with E-state index in [9.17, 15) is 9.59 Å². The van der Waals surface area contributed by atoms with Gasteiger partial charge in [0.1, 0.15) is 0 Å². The molecule has 5 nitrogen and oxygen atoms in total. The van der Waals surface area contributed by atoms with E-state index in [0.717, 1.165) is 0 Å². The smallest absolute Gasteiger partial charge is 0.252 e. The van der Waals surface area contributed by atoms with Crippen LogP contribution in [0.15, 0.2) is 18.2 Å². The van der Waals surface area contributed by atoms with Crippen molar-refractivity contribution in [1.29, 1.82) is 0 Å². The Hall–Kier alpha value is -1.30. The van der Waals surface area contributed by atoms with Crippen LogP contribution >= 0.6 is 23.2 Å². The van der Waals surface area contributed by atoms with Gasteiger partial charge in [-0.1, -0.05) is 23.2 Å². The SMILES string of the molecule is COCCC(=O)NCCNC(=O)c1ccc(Cl)cc1Cl. The lowest BCUT2D eigenvalue weighted by atomic mass is 10.2. The van der Waals surface area contributed by atoms with Crippen molar-refractivity contribution in [2.45, 2.75) is 6.42 Å². The fourth-order valence-electron chi connectivity index (χ4n) is 1.43. The summed E-state index contributed by atoms with van der Waals surface area (Å²) in [6, 6.07) is 4.65. The van der Waals surface area contributed by atoms with Gasteiger partial charge in [0.05, 0.1) is 17.2 Å². The van der Waals surface area contributed by atoms with E-state index in [1.807, 2.05) is 0 Å². The van der Waals surface area contributed by atoms with Crippen molar-refractivity contribution in [3.05, 3.63) is 33.8 Å². The Bertz CT molecular complexity index is 481. The van der Waals surface area contributed by atoms with Crippen LogP contribution in [-0.2, 0) is 9.53 Å². The average molecular weight is 319 g/mol. The minimum absolute atomic E-state index is 0.120. The third kappa shape index (κ3) is 5.77. The predicted octanol–water partition coefficient (Wildman–Crippen LogP) is 1.88. The normalized spacial score (nSPS) is 10.2. The molecule has 0 aromatic heterocycles. The summed E-state index contributed by atoms with van der Waals surface area (Å²) < 4.78 is 4.78. The topological polar surface area (TPSA) is 67.4 Å². The van der Waals surface area contributed by atoms with Crippen LogP contribution in [-0.4, -0.2) is 38.6 Å². The zero-order chi connectivity index (χ0) is 15.0. The van der Waals surface area contributed by atoms with Gasteiger partial charge in [0.2, 0.25) is 5.91 Å². The fraction of sp³-hybridized carbons (Fsp3) is 0.385. The molecule has 0 aliphatic heterocycles. The lowest BCUT2D eigenvalue weighted by molar-refractivity contribution is -0.121. The average Bonchev–Trinajstić information content (AvgIpc) is 2.41. The largest absolute Gasteiger partial charge is 0.384 e. The molecule has 0 spiro atoms. The number of carbonyl (C=O) groups is 2. The molecule has 20 heavy (non-hydrogen) atoms. The summed E-state index contributed by atoms with van der Waals surface area (Å²) in [6.45, 7) is 1.04. The Balaban J connectivity index is 2.31. The molecule has 0 unspecified atom stereocenters. The molecular weight excluding hydrogens is 303 g/mol. The van der Waals surface area contributed by atoms with E-state index >= 15 is 0 Å². The maximum absolute atomic E-state index is 11.8. The maximum atomic E-state index is 11.8. The monoisotopic (exact) mass is 318 g/mol. The van der Waals surface area contributed by atoms with Gasteiger partial charge in [-0.05, 0) is 18.2 Å². The van der Waals surface area contributed by atoms with E-state index in [1.165, 1.54) is 13.2 Å². The van der Waals surface area contributed by atoms with Gasteiger partial charge in [-0.15, -0.1) is 0 Å². The quantitative estimate of drug-likeness (QED) is 0.754. The molecule has 0 aliphatic carbocycles. The Morgan fingerprint density at radius 2 is 1.90 bits per heavy atom. The van der Waals surface area contributed by atoms with Crippen LogP contribution in [0.3, 0.4) is 0 Å². The first-order valence-corrected chi connectivity index (χ1v) is 6.79. The van der Waals surface area contributed by atoms with Crippen molar-refractivity contribution in [2.75, 3.05) is 26.8 Å². The molecule has 0 bridgehead atoms. The van der Waals surface area contributed by atoms with Crippen molar-refractivity contribution < 1.29 is 14.3 Å². The molecule has 0 fully saturated rings. The molecule has 1 aromatic carbocycles. The second kappa shape index (κ2) is 8.79. The summed E-state index contributed by atoms with van der Waals surface area (Å²) in [4.78, 5) is 23.1. The van der Waals surface area contributed by atoms with Gasteiger partial charge in [-0.25, -0.2) is 0 Å². The molecule has 0 saturated heterocycles. The summed E-state index contributed by atoms with van der Waals surface area (Å²) in [5.41, 5.74) is 0.349. The molecular formula is C13H16Cl2N2O3. The molecule has 0 atom stereocenters. The minimum Gasteiger partial charge on any atom is -0.384 e. The molecule has 0 aliphatic rings. The third-order valence-corrected chi connectivity index (χ3v) is 2.99. The van der Waals surface area contributed by atoms with Gasteiger partial charge in [-0.2, -0.15) is 0 Å². The first-order valence-electron chi connectivity index (χ1n) is 6.03. The van der Waals surface area contributed by atoms with Crippen LogP contribution in [0.5, 0.6) is 0 Å². The Kier molecular flexibility index (Phi) is 7.36. The number of rotatable bonds is 7. The highest BCUT2D eigenvalue weighted by Crippen LogP contribution is 2.20. The molecule has 7 heteroatoms. The number of methoxy groups -OCH3 is 1. The number of hydrogen-bond acceptors (Lipinski definition) is 3. The van der Waals surface area contributed by atoms with Gasteiger partial charge in [0.25, 0.3) is 5.91 Å². The van der Waals surface area contributed by atoms with Gasteiger partial charge >= 0.3 is 0 Å². The van der Waals surface area contributed by atoms with E-state index in [0.29, 0.717) is 41.7 Å². The van der Waals surface area contributed by atoms with Crippen molar-refractivity contribution in [3.8, 4) is 0 Å². The molecule has 1 aromatic rings. The van der Waals surface area contributed by atoms with Crippen LogP contribution in [0.1, 0.15) is 16.8 Å². The van der Waals surface area contributed by atoms with Crippen LogP contribution in [0, 0.1) is 0 Å². The van der Waals surface area contributed by atoms with E-state index < -0.39 is 0 Å². The van der Waals surface area contributed by atoms with Gasteiger partial charge in [0, 0.05) is 31.6 Å². The van der Waals surface area contributed by atoms with Crippen LogP contribution in [0.25, 0.3) is 0 Å². The maximum Gasteiger partial charge on any atom is 0.252 e. The van der Waals surface area contributed by atoms with E-state index in [2.05, 4.69) is 10.6 Å². The summed E-state index contributed by atoms with van der Waals surface area (Å²) in [5, 5.41) is 6.08. The molecule has 2 N–H and O–H groups in total. The number of halogens is 2. The highest BCUT2D eigenvalue weighted by atomic mass is 35.5. The highest BCUT2D eigenvalue weighted by Gasteiger charge is 2.10. The molecule has 0 radical (unpaired) electrons. The number of ether oxygens (including phenoxy) is 1. The number of carbonyl (C=O) groups excluding carboxylic acids is 2. The van der Waals surface area contributed by atoms with Crippen molar-refractivity contribution in [3.63, 3.8) is 0 Å². The van der Waals surface area contributed by atoms with Crippen LogP contribution < -0.4 is 10.6 Å². The summed E-state index contributed by atoms with van der Waals surface area (Å²) >= 11 is 11.7. The zero-order valence-electron chi connectivity index (χ0n) is 11.0. The summed E-state index contributed by atoms with van der Waals surface area (Å²) in [6.07, 6.45) is 0.299. The fourth-order valence-corrected chi connectivity index (χ4v) is 1.92. The first kappa shape index (κ1) is 16.8. The lowest BCUT2D eigenvalue weighted by Crippen LogP contribution is -2.35. The molecule has 0 saturated carbocycles. The number of amides is 2. The van der Waals surface area contributed by atoms with Gasteiger partial charge < -0.3 is 15.4 Å². The molecule has 1 rings (SSSR count). The zero-order valence-corrected chi connectivity index (χ0v) is 12.6. The standard InChI is InChI=1S/C13H16Cl2N2O3/c1-20-7-4-12(18)16-5-6-17-13(19)10-3-2-9(14)8-11(10)15/h2-3,8H,4-7H2,1H3,(H,16,18)(H,17,19). The summed E-state index contributed by atoms with van der Waals surface area (Å²) in [7, 11) is 1.53.